The summed E-state index contributed by atoms with van der Waals surface area (Å²) in [7, 11) is 3.19. The highest BCUT2D eigenvalue weighted by Gasteiger charge is 2.18. The van der Waals surface area contributed by atoms with Crippen molar-refractivity contribution in [3.8, 4) is 11.5 Å². The number of hydrogen-bond donors (Lipinski definition) is 1. The van der Waals surface area contributed by atoms with Crippen molar-refractivity contribution in [2.45, 2.75) is 27.2 Å². The fourth-order valence-corrected chi connectivity index (χ4v) is 2.06. The summed E-state index contributed by atoms with van der Waals surface area (Å²) in [5, 5.41) is 8.97. The van der Waals surface area contributed by atoms with Gasteiger partial charge in [0.15, 0.2) is 11.5 Å². The van der Waals surface area contributed by atoms with Crippen LogP contribution in [0.5, 0.6) is 11.5 Å². The van der Waals surface area contributed by atoms with Crippen LogP contribution in [0.3, 0.4) is 0 Å². The van der Waals surface area contributed by atoms with Crippen LogP contribution in [0.15, 0.2) is 6.07 Å². The molecule has 1 aromatic rings. The molecule has 0 aliphatic rings. The van der Waals surface area contributed by atoms with E-state index >= 15 is 0 Å². The van der Waals surface area contributed by atoms with E-state index in [0.29, 0.717) is 17.9 Å². The third-order valence-corrected chi connectivity index (χ3v) is 3.13. The Morgan fingerprint density at radius 2 is 1.83 bits per heavy atom. The number of aryl methyl sites for hydroxylation is 1. The molecule has 0 radical (unpaired) electrons. The third-order valence-electron chi connectivity index (χ3n) is 3.13. The van der Waals surface area contributed by atoms with Gasteiger partial charge in [0.05, 0.1) is 20.1 Å². The highest BCUT2D eigenvalue weighted by molar-refractivity contribution is 5.70. The van der Waals surface area contributed by atoms with Gasteiger partial charge in [0, 0.05) is 0 Å². The van der Waals surface area contributed by atoms with E-state index in [1.54, 1.807) is 21.1 Å². The maximum atomic E-state index is 10.9. The lowest BCUT2D eigenvalue weighted by molar-refractivity contribution is -0.141. The normalized spacial score (nSPS) is 12.1. The van der Waals surface area contributed by atoms with Gasteiger partial charge in [-0.3, -0.25) is 4.79 Å². The highest BCUT2D eigenvalue weighted by atomic mass is 16.5. The van der Waals surface area contributed by atoms with Gasteiger partial charge in [0.2, 0.25) is 0 Å². The fourth-order valence-electron chi connectivity index (χ4n) is 2.06. The Morgan fingerprint density at radius 1 is 1.28 bits per heavy atom. The van der Waals surface area contributed by atoms with E-state index in [0.717, 1.165) is 16.7 Å². The zero-order chi connectivity index (χ0) is 13.9. The second kappa shape index (κ2) is 5.76. The number of carboxylic acids is 1. The van der Waals surface area contributed by atoms with Crippen molar-refractivity contribution >= 4 is 5.97 Å². The first-order valence-electron chi connectivity index (χ1n) is 5.86. The topological polar surface area (TPSA) is 55.8 Å². The average molecular weight is 252 g/mol. The molecule has 1 rings (SSSR count). The number of carboxylic acid groups (broad SMARTS) is 1. The number of ether oxygens (including phenoxy) is 2. The van der Waals surface area contributed by atoms with Crippen molar-refractivity contribution in [2.75, 3.05) is 14.2 Å². The Morgan fingerprint density at radius 3 is 2.28 bits per heavy atom. The molecule has 18 heavy (non-hydrogen) atoms. The molecular weight excluding hydrogens is 232 g/mol. The molecule has 1 unspecified atom stereocenters. The molecule has 0 aromatic heterocycles. The zero-order valence-electron chi connectivity index (χ0n) is 11.5. The van der Waals surface area contributed by atoms with Gasteiger partial charge in [0.25, 0.3) is 0 Å². The van der Waals surface area contributed by atoms with Crippen molar-refractivity contribution < 1.29 is 19.4 Å². The summed E-state index contributed by atoms with van der Waals surface area (Å²) < 4.78 is 10.7. The quantitative estimate of drug-likeness (QED) is 0.875. The van der Waals surface area contributed by atoms with Crippen LogP contribution in [0, 0.1) is 19.8 Å². The number of rotatable bonds is 5. The maximum Gasteiger partial charge on any atom is 0.306 e. The van der Waals surface area contributed by atoms with Crippen LogP contribution < -0.4 is 9.47 Å². The molecule has 0 saturated carbocycles. The van der Waals surface area contributed by atoms with Crippen LogP contribution in [-0.4, -0.2) is 25.3 Å². The third kappa shape index (κ3) is 2.75. The van der Waals surface area contributed by atoms with Gasteiger partial charge in [0.1, 0.15) is 0 Å². The monoisotopic (exact) mass is 252 g/mol. The van der Waals surface area contributed by atoms with E-state index < -0.39 is 11.9 Å². The Hall–Kier alpha value is -1.71. The molecule has 0 fully saturated rings. The summed E-state index contributed by atoms with van der Waals surface area (Å²) in [6, 6.07) is 1.97. The first-order valence-corrected chi connectivity index (χ1v) is 5.86. The zero-order valence-corrected chi connectivity index (χ0v) is 11.5. The van der Waals surface area contributed by atoms with Crippen molar-refractivity contribution in [2.24, 2.45) is 5.92 Å². The molecule has 0 heterocycles. The number of carbonyl (C=O) groups is 1. The molecule has 1 atom stereocenters. The lowest BCUT2D eigenvalue weighted by atomic mass is 9.94. The minimum atomic E-state index is -0.790. The van der Waals surface area contributed by atoms with Crippen molar-refractivity contribution in [3.05, 3.63) is 22.8 Å². The predicted octanol–water partition coefficient (Wildman–Crippen LogP) is 2.58. The van der Waals surface area contributed by atoms with Crippen LogP contribution >= 0.6 is 0 Å². The number of methoxy groups -OCH3 is 2. The molecular formula is C14H20O4. The summed E-state index contributed by atoms with van der Waals surface area (Å²) >= 11 is 0. The largest absolute Gasteiger partial charge is 0.493 e. The molecule has 0 saturated heterocycles. The summed E-state index contributed by atoms with van der Waals surface area (Å²) in [4.78, 5) is 10.9. The van der Waals surface area contributed by atoms with Crippen molar-refractivity contribution in [1.29, 1.82) is 0 Å². The van der Waals surface area contributed by atoms with Crippen LogP contribution in [0.1, 0.15) is 23.6 Å². The highest BCUT2D eigenvalue weighted by Crippen LogP contribution is 2.37. The molecule has 0 aliphatic heterocycles. The Bertz CT molecular complexity index is 452. The average Bonchev–Trinajstić information content (AvgIpc) is 2.32. The summed E-state index contributed by atoms with van der Waals surface area (Å²) in [6.07, 6.45) is 0.488. The summed E-state index contributed by atoms with van der Waals surface area (Å²) in [6.45, 7) is 5.55. The van der Waals surface area contributed by atoms with E-state index in [9.17, 15) is 4.79 Å². The van der Waals surface area contributed by atoms with Crippen LogP contribution in [0.2, 0.25) is 0 Å². The SMILES string of the molecule is COc1c(C)cc(CC(C)C(=O)O)c(C)c1OC. The Labute approximate surface area is 108 Å². The molecule has 0 bridgehead atoms. The molecule has 1 aromatic carbocycles. The van der Waals surface area contributed by atoms with Crippen molar-refractivity contribution in [1.82, 2.24) is 0 Å². The summed E-state index contributed by atoms with van der Waals surface area (Å²) in [5.74, 6) is 0.190. The maximum absolute atomic E-state index is 10.9. The van der Waals surface area contributed by atoms with Gasteiger partial charge < -0.3 is 14.6 Å². The van der Waals surface area contributed by atoms with Crippen molar-refractivity contribution in [3.63, 3.8) is 0 Å². The lowest BCUT2D eigenvalue weighted by Gasteiger charge is -2.18. The van der Waals surface area contributed by atoms with Crippen LogP contribution in [-0.2, 0) is 11.2 Å². The molecule has 100 valence electrons. The van der Waals surface area contributed by atoms with E-state index in [-0.39, 0.29) is 0 Å². The molecule has 0 amide bonds. The minimum absolute atomic E-state index is 0.416. The standard InChI is InChI=1S/C14H20O4/c1-8-6-11(7-9(2)14(15)16)10(3)13(18-5)12(8)17-4/h6,9H,7H2,1-5H3,(H,15,16). The van der Waals surface area contributed by atoms with Gasteiger partial charge in [-0.05, 0) is 37.0 Å². The smallest absolute Gasteiger partial charge is 0.306 e. The summed E-state index contributed by atoms with van der Waals surface area (Å²) in [5.41, 5.74) is 2.88. The predicted molar refractivity (Wildman–Crippen MR) is 69.5 cm³/mol. The molecule has 0 spiro atoms. The first-order chi connectivity index (χ1) is 8.42. The van der Waals surface area contributed by atoms with E-state index in [1.807, 2.05) is 19.9 Å². The molecule has 4 heteroatoms. The number of aliphatic carboxylic acids is 1. The fraction of sp³-hybridized carbons (Fsp3) is 0.500. The Balaban J connectivity index is 3.22. The minimum Gasteiger partial charge on any atom is -0.493 e. The van der Waals surface area contributed by atoms with Gasteiger partial charge >= 0.3 is 5.97 Å². The molecule has 0 aliphatic carbocycles. The second-order valence-electron chi connectivity index (χ2n) is 4.49. The number of hydrogen-bond acceptors (Lipinski definition) is 3. The number of benzene rings is 1. The first kappa shape index (κ1) is 14.4. The molecule has 1 N–H and O–H groups in total. The van der Waals surface area contributed by atoms with Gasteiger partial charge in [-0.2, -0.15) is 0 Å². The Kier molecular flexibility index (Phi) is 4.59. The van der Waals surface area contributed by atoms with Crippen LogP contribution in [0.25, 0.3) is 0 Å². The van der Waals surface area contributed by atoms with Gasteiger partial charge in [-0.15, -0.1) is 0 Å². The second-order valence-corrected chi connectivity index (χ2v) is 4.49. The molecule has 4 nitrogen and oxygen atoms in total. The van der Waals surface area contributed by atoms with Gasteiger partial charge in [-0.25, -0.2) is 0 Å². The van der Waals surface area contributed by atoms with Crippen LogP contribution in [0.4, 0.5) is 0 Å². The van der Waals surface area contributed by atoms with E-state index in [2.05, 4.69) is 0 Å². The van der Waals surface area contributed by atoms with E-state index in [4.69, 9.17) is 14.6 Å². The van der Waals surface area contributed by atoms with Gasteiger partial charge in [-0.1, -0.05) is 13.0 Å². The van der Waals surface area contributed by atoms with E-state index in [1.165, 1.54) is 0 Å². The lowest BCUT2D eigenvalue weighted by Crippen LogP contribution is -2.13.